The van der Waals surface area contributed by atoms with Crippen LogP contribution in [0.3, 0.4) is 0 Å². The molecule has 1 atom stereocenters. The third kappa shape index (κ3) is 4.33. The smallest absolute Gasteiger partial charge is 0.231 e. The number of aromatic amines is 1. The monoisotopic (exact) mass is 500 g/mol. The summed E-state index contributed by atoms with van der Waals surface area (Å²) in [7, 11) is -1.20. The van der Waals surface area contributed by atoms with E-state index in [0.717, 1.165) is 16.2 Å². The molecule has 1 aromatic carbocycles. The molecule has 0 amide bonds. The lowest BCUT2D eigenvalue weighted by Crippen LogP contribution is -2.35. The molecule has 1 aliphatic heterocycles. The number of hydrogen-bond acceptors (Lipinski definition) is 9. The lowest BCUT2D eigenvalue weighted by atomic mass is 10.1. The summed E-state index contributed by atoms with van der Waals surface area (Å²) in [6, 6.07) is 5.74. The Labute approximate surface area is 202 Å². The first-order valence-corrected chi connectivity index (χ1v) is 12.5. The van der Waals surface area contributed by atoms with E-state index in [9.17, 15) is 4.21 Å². The molecule has 0 aliphatic carbocycles. The quantitative estimate of drug-likeness (QED) is 0.348. The van der Waals surface area contributed by atoms with Crippen LogP contribution in [-0.4, -0.2) is 52.0 Å². The second-order valence-corrected chi connectivity index (χ2v) is 11.6. The number of rotatable bonds is 7. The van der Waals surface area contributed by atoms with Crippen LogP contribution in [0.2, 0.25) is 0 Å². The average molecular weight is 501 g/mol. The van der Waals surface area contributed by atoms with Gasteiger partial charge in [0.05, 0.1) is 21.4 Å². The number of nitrogen functional groups attached to an aromatic ring is 1. The Balaban J connectivity index is 1.53. The molecule has 0 fully saturated rings. The zero-order valence-corrected chi connectivity index (χ0v) is 20.5. The number of ether oxygens (including phenoxy) is 2. The predicted octanol–water partition coefficient (Wildman–Crippen LogP) is 2.73. The molecule has 0 radical (unpaired) electrons. The number of H-pyrrole nitrogens is 1. The molecular formula is C21H24N8O3S2. The Morgan fingerprint density at radius 2 is 2.06 bits per heavy atom. The van der Waals surface area contributed by atoms with Gasteiger partial charge in [0.25, 0.3) is 0 Å². The molecule has 0 bridgehead atoms. The summed E-state index contributed by atoms with van der Waals surface area (Å²) in [5, 5.41) is 7.76. The Bertz CT molecular complexity index is 1360. The second kappa shape index (κ2) is 8.89. The minimum atomic E-state index is -1.20. The van der Waals surface area contributed by atoms with Gasteiger partial charge in [0.1, 0.15) is 6.33 Å². The Hall–Kier alpha value is -3.16. The lowest BCUT2D eigenvalue weighted by Gasteiger charge is -2.18. The fourth-order valence-corrected chi connectivity index (χ4v) is 5.18. The SMILES string of the molecule is CC(C)(C)S(=O)NCCn1c(Sc2cc3c(cc2-c2ccn[nH]2)OCO3)nc2c(N)ncnc21. The molecule has 1 aliphatic rings. The van der Waals surface area contributed by atoms with Crippen molar-refractivity contribution >= 4 is 39.7 Å². The second-order valence-electron chi connectivity index (χ2n) is 8.53. The number of nitrogens with zero attached hydrogens (tertiary/aromatic N) is 5. The molecular weight excluding hydrogens is 476 g/mol. The van der Waals surface area contributed by atoms with Gasteiger partial charge in [0.2, 0.25) is 6.79 Å². The summed E-state index contributed by atoms with van der Waals surface area (Å²) in [5.41, 5.74) is 8.97. The van der Waals surface area contributed by atoms with E-state index >= 15 is 0 Å². The van der Waals surface area contributed by atoms with Gasteiger partial charge in [-0.05, 0) is 39.0 Å². The van der Waals surface area contributed by atoms with Crippen LogP contribution in [0.5, 0.6) is 11.5 Å². The number of nitrogens with one attached hydrogen (secondary N) is 2. The van der Waals surface area contributed by atoms with Crippen molar-refractivity contribution in [3.63, 3.8) is 0 Å². The molecule has 3 aromatic heterocycles. The van der Waals surface area contributed by atoms with E-state index in [1.165, 1.54) is 18.1 Å². The molecule has 4 N–H and O–H groups in total. The number of hydrogen-bond donors (Lipinski definition) is 3. The van der Waals surface area contributed by atoms with Crippen molar-refractivity contribution in [3.8, 4) is 22.8 Å². The predicted molar refractivity (Wildman–Crippen MR) is 130 cm³/mol. The largest absolute Gasteiger partial charge is 0.454 e. The number of anilines is 1. The molecule has 11 nitrogen and oxygen atoms in total. The van der Waals surface area contributed by atoms with Crippen molar-refractivity contribution in [1.29, 1.82) is 0 Å². The van der Waals surface area contributed by atoms with Crippen molar-refractivity contribution in [2.45, 2.75) is 42.1 Å². The van der Waals surface area contributed by atoms with Crippen LogP contribution in [0.4, 0.5) is 5.82 Å². The van der Waals surface area contributed by atoms with Gasteiger partial charge in [-0.3, -0.25) is 5.10 Å². The van der Waals surface area contributed by atoms with E-state index in [0.29, 0.717) is 46.7 Å². The van der Waals surface area contributed by atoms with Gasteiger partial charge in [-0.15, -0.1) is 0 Å². The molecule has 34 heavy (non-hydrogen) atoms. The van der Waals surface area contributed by atoms with Crippen molar-refractivity contribution in [3.05, 3.63) is 30.7 Å². The van der Waals surface area contributed by atoms with Gasteiger partial charge >= 0.3 is 0 Å². The molecule has 1 unspecified atom stereocenters. The highest BCUT2D eigenvalue weighted by molar-refractivity contribution is 7.99. The molecule has 5 rings (SSSR count). The van der Waals surface area contributed by atoms with Crippen molar-refractivity contribution < 1.29 is 13.7 Å². The van der Waals surface area contributed by atoms with Gasteiger partial charge in [-0.2, -0.15) is 5.10 Å². The van der Waals surface area contributed by atoms with Crippen LogP contribution in [-0.2, 0) is 17.5 Å². The fraction of sp³-hybridized carbons (Fsp3) is 0.333. The van der Waals surface area contributed by atoms with Crippen molar-refractivity contribution in [2.24, 2.45) is 0 Å². The van der Waals surface area contributed by atoms with Crippen LogP contribution >= 0.6 is 11.8 Å². The number of aromatic nitrogens is 6. The topological polar surface area (TPSA) is 146 Å². The highest BCUT2D eigenvalue weighted by atomic mass is 32.2. The normalized spacial score (nSPS) is 14.1. The van der Waals surface area contributed by atoms with Crippen LogP contribution < -0.4 is 19.9 Å². The van der Waals surface area contributed by atoms with E-state index in [-0.39, 0.29) is 11.5 Å². The molecule has 4 heterocycles. The van der Waals surface area contributed by atoms with Crippen LogP contribution in [0.25, 0.3) is 22.4 Å². The highest BCUT2D eigenvalue weighted by Crippen LogP contribution is 2.44. The first-order valence-electron chi connectivity index (χ1n) is 10.5. The lowest BCUT2D eigenvalue weighted by molar-refractivity contribution is 0.174. The van der Waals surface area contributed by atoms with E-state index < -0.39 is 11.0 Å². The highest BCUT2D eigenvalue weighted by Gasteiger charge is 2.23. The molecule has 0 spiro atoms. The van der Waals surface area contributed by atoms with Gasteiger partial charge in [0, 0.05) is 29.7 Å². The number of fused-ring (bicyclic) bond motifs is 2. The standard InChI is InChI=1S/C21H24N8O3S2/c1-21(2,3)34(30)26-6-7-29-19-17(18(22)23-10-24-19)27-20(29)33-16-9-15-14(31-11-32-15)8-12(16)13-4-5-25-28-13/h4-5,8-10,26H,6-7,11H2,1-3H3,(H,25,28)(H2,22,23,24). The summed E-state index contributed by atoms with van der Waals surface area (Å²) in [6.07, 6.45) is 3.11. The minimum absolute atomic E-state index is 0.174. The zero-order valence-electron chi connectivity index (χ0n) is 18.9. The van der Waals surface area contributed by atoms with E-state index in [4.69, 9.17) is 20.2 Å². The van der Waals surface area contributed by atoms with Gasteiger partial charge in [0.15, 0.2) is 33.6 Å². The van der Waals surface area contributed by atoms with Gasteiger partial charge in [-0.25, -0.2) is 23.9 Å². The molecule has 0 saturated heterocycles. The molecule has 13 heteroatoms. The minimum Gasteiger partial charge on any atom is -0.454 e. The molecule has 0 saturated carbocycles. The summed E-state index contributed by atoms with van der Waals surface area (Å²) < 4.78 is 28.3. The first kappa shape index (κ1) is 22.6. The maximum absolute atomic E-state index is 12.5. The van der Waals surface area contributed by atoms with Gasteiger partial charge < -0.3 is 19.8 Å². The molecule has 178 valence electrons. The Morgan fingerprint density at radius 3 is 2.79 bits per heavy atom. The third-order valence-corrected chi connectivity index (χ3v) is 7.75. The summed E-state index contributed by atoms with van der Waals surface area (Å²) in [4.78, 5) is 14.1. The van der Waals surface area contributed by atoms with Crippen LogP contribution in [0, 0.1) is 0 Å². The van der Waals surface area contributed by atoms with Crippen molar-refractivity contribution in [1.82, 2.24) is 34.4 Å². The van der Waals surface area contributed by atoms with E-state index in [1.807, 2.05) is 43.5 Å². The van der Waals surface area contributed by atoms with Crippen LogP contribution in [0.1, 0.15) is 20.8 Å². The van der Waals surface area contributed by atoms with Gasteiger partial charge in [-0.1, -0.05) is 11.8 Å². The zero-order chi connectivity index (χ0) is 23.9. The van der Waals surface area contributed by atoms with Crippen molar-refractivity contribution in [2.75, 3.05) is 19.1 Å². The first-order chi connectivity index (χ1) is 16.3. The average Bonchev–Trinajstić information content (AvgIpc) is 3.53. The maximum Gasteiger partial charge on any atom is 0.231 e. The number of imidazole rings is 1. The molecule has 4 aromatic rings. The number of benzene rings is 1. The van der Waals surface area contributed by atoms with E-state index in [2.05, 4.69) is 24.9 Å². The van der Waals surface area contributed by atoms with Crippen LogP contribution in [0.15, 0.2) is 40.8 Å². The Kier molecular flexibility index (Phi) is 5.91. The Morgan fingerprint density at radius 1 is 1.26 bits per heavy atom. The summed E-state index contributed by atoms with van der Waals surface area (Å²) in [5.74, 6) is 1.64. The number of nitrogens with two attached hydrogens (primary N) is 1. The summed E-state index contributed by atoms with van der Waals surface area (Å²) in [6.45, 7) is 6.90. The fourth-order valence-electron chi connectivity index (χ4n) is 3.40. The maximum atomic E-state index is 12.5. The summed E-state index contributed by atoms with van der Waals surface area (Å²) >= 11 is 1.45. The van der Waals surface area contributed by atoms with E-state index in [1.54, 1.807) is 6.20 Å². The third-order valence-electron chi connectivity index (χ3n) is 5.12.